The molecule has 1 heterocycles. The zero-order valence-corrected chi connectivity index (χ0v) is 15.0. The Kier molecular flexibility index (Phi) is 5.85. The molecule has 1 aliphatic rings. The molecule has 0 atom stereocenters. The highest BCUT2D eigenvalue weighted by Gasteiger charge is 2.34. The molecular weight excluding hydrogens is 370 g/mol. The van der Waals surface area contributed by atoms with Crippen molar-refractivity contribution in [1.82, 2.24) is 0 Å². The second-order valence-electron chi connectivity index (χ2n) is 5.02. The predicted octanol–water partition coefficient (Wildman–Crippen LogP) is 0.336. The summed E-state index contributed by atoms with van der Waals surface area (Å²) in [5.41, 5.74) is -0.502. The van der Waals surface area contributed by atoms with E-state index in [4.69, 9.17) is 14.2 Å². The van der Waals surface area contributed by atoms with Gasteiger partial charge in [-0.15, -0.1) is 0 Å². The van der Waals surface area contributed by atoms with E-state index in [2.05, 4.69) is 4.74 Å². The number of anilines is 1. The van der Waals surface area contributed by atoms with Gasteiger partial charge < -0.3 is 23.8 Å². The average molecular weight is 387 g/mol. The van der Waals surface area contributed by atoms with Crippen LogP contribution in [-0.2, 0) is 33.9 Å². The van der Waals surface area contributed by atoms with Crippen LogP contribution in [0.4, 0.5) is 5.69 Å². The van der Waals surface area contributed by atoms with Crippen molar-refractivity contribution in [2.24, 2.45) is 0 Å². The Bertz CT molecular complexity index is 860. The molecule has 0 radical (unpaired) electrons. The van der Waals surface area contributed by atoms with E-state index < -0.39 is 27.0 Å². The van der Waals surface area contributed by atoms with E-state index >= 15 is 0 Å². The van der Waals surface area contributed by atoms with E-state index in [-0.39, 0.29) is 36.0 Å². The molecule has 0 bridgehead atoms. The molecular formula is C15H17NO9S. The minimum absolute atomic E-state index is 0.102. The fourth-order valence-corrected chi connectivity index (χ4v) is 3.09. The van der Waals surface area contributed by atoms with Crippen LogP contribution in [0, 0.1) is 0 Å². The molecule has 0 aromatic heterocycles. The number of nitrogens with zero attached hydrogens (tertiary/aromatic N) is 1. The minimum atomic E-state index is -4.68. The lowest BCUT2D eigenvalue weighted by molar-refractivity contribution is -0.140. The van der Waals surface area contributed by atoms with Crippen LogP contribution in [0.1, 0.15) is 0 Å². The summed E-state index contributed by atoms with van der Waals surface area (Å²) in [5.74, 6) is -1.57. The Balaban J connectivity index is 2.73. The van der Waals surface area contributed by atoms with Gasteiger partial charge in [0.15, 0.2) is 0 Å². The molecule has 2 rings (SSSR count). The molecule has 0 spiro atoms. The Morgan fingerprint density at radius 2 is 1.81 bits per heavy atom. The molecule has 0 saturated carbocycles. The summed E-state index contributed by atoms with van der Waals surface area (Å²) in [6.07, 6.45) is 0. The van der Waals surface area contributed by atoms with Crippen LogP contribution in [0.3, 0.4) is 0 Å². The molecule has 11 heteroatoms. The SMILES string of the molecule is COC(=O)C1=C(C(=O)OC)N(c2ccc(OC)cc2S(=O)(=O)O)COC1. The van der Waals surface area contributed by atoms with Gasteiger partial charge in [-0.25, -0.2) is 9.59 Å². The van der Waals surface area contributed by atoms with E-state index in [1.807, 2.05) is 0 Å². The van der Waals surface area contributed by atoms with Gasteiger partial charge in [0, 0.05) is 6.07 Å². The van der Waals surface area contributed by atoms with Crippen LogP contribution in [0.5, 0.6) is 5.75 Å². The van der Waals surface area contributed by atoms with Gasteiger partial charge in [0.2, 0.25) is 0 Å². The largest absolute Gasteiger partial charge is 0.497 e. The second kappa shape index (κ2) is 7.72. The van der Waals surface area contributed by atoms with E-state index in [9.17, 15) is 22.6 Å². The molecule has 1 N–H and O–H groups in total. The second-order valence-corrected chi connectivity index (χ2v) is 6.41. The first kappa shape index (κ1) is 19.7. The molecule has 142 valence electrons. The summed E-state index contributed by atoms with van der Waals surface area (Å²) >= 11 is 0. The molecule has 0 fully saturated rings. The van der Waals surface area contributed by atoms with E-state index in [0.29, 0.717) is 0 Å². The average Bonchev–Trinajstić information content (AvgIpc) is 2.64. The lowest BCUT2D eigenvalue weighted by Crippen LogP contribution is -2.39. The van der Waals surface area contributed by atoms with Crippen molar-refractivity contribution in [2.45, 2.75) is 4.90 Å². The van der Waals surface area contributed by atoms with Crippen molar-refractivity contribution in [3.63, 3.8) is 0 Å². The molecule has 10 nitrogen and oxygen atoms in total. The van der Waals surface area contributed by atoms with Crippen LogP contribution < -0.4 is 9.64 Å². The van der Waals surface area contributed by atoms with Crippen molar-refractivity contribution < 1.29 is 41.5 Å². The zero-order chi connectivity index (χ0) is 19.5. The summed E-state index contributed by atoms with van der Waals surface area (Å²) in [5, 5.41) is 0. The Morgan fingerprint density at radius 3 is 2.35 bits per heavy atom. The summed E-state index contributed by atoms with van der Waals surface area (Å²) in [7, 11) is -1.13. The summed E-state index contributed by atoms with van der Waals surface area (Å²) < 4.78 is 52.7. The maximum Gasteiger partial charge on any atom is 0.355 e. The third kappa shape index (κ3) is 3.79. The van der Waals surface area contributed by atoms with Crippen LogP contribution in [-0.4, -0.2) is 59.6 Å². The van der Waals surface area contributed by atoms with E-state index in [1.165, 1.54) is 19.2 Å². The lowest BCUT2D eigenvalue weighted by atomic mass is 10.1. The Morgan fingerprint density at radius 1 is 1.15 bits per heavy atom. The fraction of sp³-hybridized carbons (Fsp3) is 0.333. The molecule has 1 aliphatic heterocycles. The number of esters is 2. The number of benzene rings is 1. The number of carbonyl (C=O) groups is 2. The van der Waals surface area contributed by atoms with Crippen molar-refractivity contribution in [3.05, 3.63) is 29.5 Å². The fourth-order valence-electron chi connectivity index (χ4n) is 2.38. The van der Waals surface area contributed by atoms with Crippen molar-refractivity contribution in [1.29, 1.82) is 0 Å². The van der Waals surface area contributed by atoms with Gasteiger partial charge in [0.05, 0.1) is 39.2 Å². The van der Waals surface area contributed by atoms with E-state index in [1.54, 1.807) is 0 Å². The molecule has 0 aliphatic carbocycles. The summed E-state index contributed by atoms with van der Waals surface area (Å²) in [6, 6.07) is 3.80. The van der Waals surface area contributed by atoms with Crippen molar-refractivity contribution in [2.75, 3.05) is 39.6 Å². The number of rotatable bonds is 5. The summed E-state index contributed by atoms with van der Waals surface area (Å²) in [6.45, 7) is -0.495. The quantitative estimate of drug-likeness (QED) is 0.557. The highest BCUT2D eigenvalue weighted by atomic mass is 32.2. The predicted molar refractivity (Wildman–Crippen MR) is 87.2 cm³/mol. The smallest absolute Gasteiger partial charge is 0.355 e. The molecule has 26 heavy (non-hydrogen) atoms. The Hall–Kier alpha value is -2.63. The maximum atomic E-state index is 12.2. The number of ether oxygens (including phenoxy) is 4. The molecule has 0 amide bonds. The zero-order valence-electron chi connectivity index (χ0n) is 14.2. The van der Waals surface area contributed by atoms with Crippen LogP contribution in [0.2, 0.25) is 0 Å². The first-order valence-electron chi connectivity index (χ1n) is 7.15. The highest BCUT2D eigenvalue weighted by molar-refractivity contribution is 7.86. The summed E-state index contributed by atoms with van der Waals surface area (Å²) in [4.78, 5) is 24.8. The third-order valence-electron chi connectivity index (χ3n) is 3.57. The van der Waals surface area contributed by atoms with Gasteiger partial charge in [-0.3, -0.25) is 4.55 Å². The van der Waals surface area contributed by atoms with Gasteiger partial charge in [0.1, 0.15) is 23.1 Å². The van der Waals surface area contributed by atoms with Crippen molar-refractivity contribution in [3.8, 4) is 5.75 Å². The maximum absolute atomic E-state index is 12.2. The molecule has 0 saturated heterocycles. The molecule has 0 unspecified atom stereocenters. The topological polar surface area (TPSA) is 129 Å². The van der Waals surface area contributed by atoms with Crippen LogP contribution in [0.25, 0.3) is 0 Å². The highest BCUT2D eigenvalue weighted by Crippen LogP contribution is 2.34. The first-order chi connectivity index (χ1) is 12.2. The van der Waals surface area contributed by atoms with Gasteiger partial charge >= 0.3 is 11.9 Å². The van der Waals surface area contributed by atoms with Gasteiger partial charge in [-0.2, -0.15) is 8.42 Å². The monoisotopic (exact) mass is 387 g/mol. The lowest BCUT2D eigenvalue weighted by Gasteiger charge is -2.32. The van der Waals surface area contributed by atoms with Crippen molar-refractivity contribution >= 4 is 27.7 Å². The number of hydrogen-bond acceptors (Lipinski definition) is 9. The van der Waals surface area contributed by atoms with Gasteiger partial charge in [-0.05, 0) is 12.1 Å². The molecule has 1 aromatic carbocycles. The Labute approximate surface area is 149 Å². The standard InChI is InChI=1S/C15H17NO9S/c1-22-9-4-5-11(12(6-9)26(19,20)21)16-8-25-7-10(14(17)23-2)13(16)15(18)24-3/h4-6H,7-8H2,1-3H3,(H,19,20,21). The minimum Gasteiger partial charge on any atom is -0.497 e. The van der Waals surface area contributed by atoms with Gasteiger partial charge in [-0.1, -0.05) is 0 Å². The van der Waals surface area contributed by atoms with Gasteiger partial charge in [0.25, 0.3) is 10.1 Å². The van der Waals surface area contributed by atoms with Crippen LogP contribution >= 0.6 is 0 Å². The van der Waals surface area contributed by atoms with E-state index in [0.717, 1.165) is 25.2 Å². The number of carbonyl (C=O) groups excluding carboxylic acids is 2. The first-order valence-corrected chi connectivity index (χ1v) is 8.59. The number of hydrogen-bond donors (Lipinski definition) is 1. The number of methoxy groups -OCH3 is 3. The molecule has 1 aromatic rings. The normalized spacial score (nSPS) is 14.8. The van der Waals surface area contributed by atoms with Crippen LogP contribution in [0.15, 0.2) is 34.4 Å². The third-order valence-corrected chi connectivity index (χ3v) is 4.45.